The highest BCUT2D eigenvalue weighted by Gasteiger charge is 2.21. The number of aromatic nitrogens is 1. The van der Waals surface area contributed by atoms with Crippen molar-refractivity contribution in [3.8, 4) is 11.3 Å². The Balaban J connectivity index is 1.99. The number of benzene rings is 1. The Morgan fingerprint density at radius 1 is 1.23 bits per heavy atom. The van der Waals surface area contributed by atoms with Crippen LogP contribution in [0.25, 0.3) is 11.3 Å². The van der Waals surface area contributed by atoms with E-state index in [-0.39, 0.29) is 5.91 Å². The molecule has 0 aliphatic carbocycles. The average molecular weight is 375 g/mol. The van der Waals surface area contributed by atoms with E-state index < -0.39 is 24.5 Å². The van der Waals surface area contributed by atoms with Crippen LogP contribution in [0, 0.1) is 6.92 Å². The zero-order chi connectivity index (χ0) is 19.1. The maximum atomic E-state index is 12.4. The Labute approximate surface area is 155 Å². The SMILES string of the molecule is CCNC(=O)[C@@H](C)NC(=O)COC(=O)c1sc(C)nc1-c1ccccc1. The summed E-state index contributed by atoms with van der Waals surface area (Å²) in [4.78, 5) is 40.6. The molecule has 2 amide bonds. The molecular weight excluding hydrogens is 354 g/mol. The molecule has 1 atom stereocenters. The number of ether oxygens (including phenoxy) is 1. The lowest BCUT2D eigenvalue weighted by Crippen LogP contribution is -2.46. The van der Waals surface area contributed by atoms with Gasteiger partial charge in [0.05, 0.1) is 10.7 Å². The third-order valence-corrected chi connectivity index (χ3v) is 4.37. The number of aryl methyl sites for hydroxylation is 1. The maximum Gasteiger partial charge on any atom is 0.351 e. The van der Waals surface area contributed by atoms with Crippen molar-refractivity contribution in [3.63, 3.8) is 0 Å². The van der Waals surface area contributed by atoms with E-state index in [9.17, 15) is 14.4 Å². The molecule has 0 saturated heterocycles. The Kier molecular flexibility index (Phi) is 6.85. The summed E-state index contributed by atoms with van der Waals surface area (Å²) in [6, 6.07) is 8.59. The van der Waals surface area contributed by atoms with Gasteiger partial charge in [-0.2, -0.15) is 0 Å². The van der Waals surface area contributed by atoms with Crippen LogP contribution >= 0.6 is 11.3 Å². The van der Waals surface area contributed by atoms with Gasteiger partial charge >= 0.3 is 5.97 Å². The number of hydrogen-bond donors (Lipinski definition) is 2. The monoisotopic (exact) mass is 375 g/mol. The predicted molar refractivity (Wildman–Crippen MR) is 98.9 cm³/mol. The van der Waals surface area contributed by atoms with Gasteiger partial charge < -0.3 is 15.4 Å². The first-order chi connectivity index (χ1) is 12.4. The third-order valence-electron chi connectivity index (χ3n) is 3.42. The van der Waals surface area contributed by atoms with Gasteiger partial charge in [0.15, 0.2) is 6.61 Å². The Morgan fingerprint density at radius 2 is 1.92 bits per heavy atom. The molecule has 2 N–H and O–H groups in total. The van der Waals surface area contributed by atoms with Gasteiger partial charge in [-0.15, -0.1) is 11.3 Å². The summed E-state index contributed by atoms with van der Waals surface area (Å²) in [5.74, 6) is -1.45. The molecule has 2 aromatic rings. The minimum Gasteiger partial charge on any atom is -0.451 e. The quantitative estimate of drug-likeness (QED) is 0.721. The second kappa shape index (κ2) is 9.10. The smallest absolute Gasteiger partial charge is 0.351 e. The summed E-state index contributed by atoms with van der Waals surface area (Å²) in [6.45, 7) is 5.16. The van der Waals surface area contributed by atoms with E-state index in [0.717, 1.165) is 10.6 Å². The van der Waals surface area contributed by atoms with Gasteiger partial charge in [0, 0.05) is 12.1 Å². The molecule has 1 aromatic heterocycles. The molecule has 26 heavy (non-hydrogen) atoms. The largest absolute Gasteiger partial charge is 0.451 e. The van der Waals surface area contributed by atoms with Crippen molar-refractivity contribution in [2.45, 2.75) is 26.8 Å². The predicted octanol–water partition coefficient (Wildman–Crippen LogP) is 1.92. The molecule has 0 unspecified atom stereocenters. The number of nitrogens with zero attached hydrogens (tertiary/aromatic N) is 1. The Bertz CT molecular complexity index is 789. The molecule has 1 heterocycles. The molecule has 0 saturated carbocycles. The summed E-state index contributed by atoms with van der Waals surface area (Å²) in [5, 5.41) is 5.81. The zero-order valence-electron chi connectivity index (χ0n) is 14.9. The molecule has 0 radical (unpaired) electrons. The summed E-state index contributed by atoms with van der Waals surface area (Å²) >= 11 is 1.21. The van der Waals surface area contributed by atoms with Gasteiger partial charge in [0.25, 0.3) is 5.91 Å². The van der Waals surface area contributed by atoms with Crippen molar-refractivity contribution >= 4 is 29.1 Å². The van der Waals surface area contributed by atoms with Crippen LogP contribution in [0.1, 0.15) is 28.5 Å². The lowest BCUT2D eigenvalue weighted by molar-refractivity contribution is -0.130. The lowest BCUT2D eigenvalue weighted by atomic mass is 10.1. The zero-order valence-corrected chi connectivity index (χ0v) is 15.7. The van der Waals surface area contributed by atoms with Crippen LogP contribution in [0.2, 0.25) is 0 Å². The highest BCUT2D eigenvalue weighted by Crippen LogP contribution is 2.28. The van der Waals surface area contributed by atoms with Crippen LogP contribution in [-0.2, 0) is 14.3 Å². The Hall–Kier alpha value is -2.74. The molecular formula is C18H21N3O4S. The second-order valence-corrected chi connectivity index (χ2v) is 6.74. The number of likely N-dealkylation sites (N-methyl/N-ethyl adjacent to an activating group) is 1. The molecule has 138 valence electrons. The molecule has 2 rings (SSSR count). The van der Waals surface area contributed by atoms with Gasteiger partial charge in [-0.05, 0) is 20.8 Å². The van der Waals surface area contributed by atoms with Gasteiger partial charge in [-0.25, -0.2) is 9.78 Å². The number of esters is 1. The van der Waals surface area contributed by atoms with Crippen molar-refractivity contribution in [2.75, 3.05) is 13.2 Å². The summed E-state index contributed by atoms with van der Waals surface area (Å²) in [7, 11) is 0. The highest BCUT2D eigenvalue weighted by atomic mass is 32.1. The number of thiazole rings is 1. The fourth-order valence-corrected chi connectivity index (χ4v) is 3.06. The molecule has 7 nitrogen and oxygen atoms in total. The lowest BCUT2D eigenvalue weighted by Gasteiger charge is -2.13. The molecule has 8 heteroatoms. The maximum absolute atomic E-state index is 12.4. The third kappa shape index (κ3) is 5.13. The summed E-state index contributed by atoms with van der Waals surface area (Å²) in [6.07, 6.45) is 0. The van der Waals surface area contributed by atoms with Crippen molar-refractivity contribution in [1.82, 2.24) is 15.6 Å². The van der Waals surface area contributed by atoms with Crippen LogP contribution in [0.15, 0.2) is 30.3 Å². The van der Waals surface area contributed by atoms with Gasteiger partial charge in [0.2, 0.25) is 5.91 Å². The number of rotatable bonds is 7. The summed E-state index contributed by atoms with van der Waals surface area (Å²) in [5.41, 5.74) is 1.34. The van der Waals surface area contributed by atoms with Gasteiger partial charge in [-0.3, -0.25) is 9.59 Å². The average Bonchev–Trinajstić information content (AvgIpc) is 3.02. The molecule has 0 aliphatic heterocycles. The van der Waals surface area contributed by atoms with Crippen molar-refractivity contribution in [3.05, 3.63) is 40.2 Å². The first kappa shape index (κ1) is 19.6. The first-order valence-corrected chi connectivity index (χ1v) is 9.01. The fourth-order valence-electron chi connectivity index (χ4n) is 2.23. The van der Waals surface area contributed by atoms with Crippen LogP contribution in [0.4, 0.5) is 0 Å². The van der Waals surface area contributed by atoms with Crippen LogP contribution < -0.4 is 10.6 Å². The normalized spacial score (nSPS) is 11.5. The number of hydrogen-bond acceptors (Lipinski definition) is 6. The molecule has 0 spiro atoms. The van der Waals surface area contributed by atoms with Crippen LogP contribution in [0.5, 0.6) is 0 Å². The fraction of sp³-hybridized carbons (Fsp3) is 0.333. The topological polar surface area (TPSA) is 97.4 Å². The van der Waals surface area contributed by atoms with Crippen LogP contribution in [0.3, 0.4) is 0 Å². The van der Waals surface area contributed by atoms with E-state index in [2.05, 4.69) is 15.6 Å². The van der Waals surface area contributed by atoms with E-state index in [1.54, 1.807) is 20.8 Å². The van der Waals surface area contributed by atoms with E-state index in [0.29, 0.717) is 17.1 Å². The van der Waals surface area contributed by atoms with E-state index in [1.807, 2.05) is 30.3 Å². The molecule has 0 aliphatic rings. The first-order valence-electron chi connectivity index (χ1n) is 8.19. The molecule has 0 fully saturated rings. The van der Waals surface area contributed by atoms with E-state index in [1.165, 1.54) is 11.3 Å². The Morgan fingerprint density at radius 3 is 2.58 bits per heavy atom. The highest BCUT2D eigenvalue weighted by molar-refractivity contribution is 7.14. The number of carbonyl (C=O) groups is 3. The minimum atomic E-state index is -0.702. The molecule has 0 bridgehead atoms. The summed E-state index contributed by atoms with van der Waals surface area (Å²) < 4.78 is 5.09. The number of nitrogens with one attached hydrogen (secondary N) is 2. The minimum absolute atomic E-state index is 0.295. The number of amides is 2. The van der Waals surface area contributed by atoms with Crippen LogP contribution in [-0.4, -0.2) is 42.0 Å². The standard InChI is InChI=1S/C18H21N3O4S/c1-4-19-17(23)11(2)20-14(22)10-25-18(24)16-15(21-12(3)26-16)13-8-6-5-7-9-13/h5-9,11H,4,10H2,1-3H3,(H,19,23)(H,20,22)/t11-/m1/s1. The van der Waals surface area contributed by atoms with E-state index in [4.69, 9.17) is 4.74 Å². The number of carbonyl (C=O) groups excluding carboxylic acids is 3. The molecule has 1 aromatic carbocycles. The van der Waals surface area contributed by atoms with Crippen molar-refractivity contribution < 1.29 is 19.1 Å². The second-order valence-electron chi connectivity index (χ2n) is 5.54. The van der Waals surface area contributed by atoms with Crippen molar-refractivity contribution in [2.24, 2.45) is 0 Å². The van der Waals surface area contributed by atoms with Gasteiger partial charge in [-0.1, -0.05) is 30.3 Å². The van der Waals surface area contributed by atoms with Crippen molar-refractivity contribution in [1.29, 1.82) is 0 Å². The van der Waals surface area contributed by atoms with Gasteiger partial charge in [0.1, 0.15) is 10.9 Å². The van der Waals surface area contributed by atoms with E-state index >= 15 is 0 Å².